The molecule has 1 aliphatic carbocycles. The lowest BCUT2D eigenvalue weighted by Gasteiger charge is -2.25. The maximum Gasteiger partial charge on any atom is 0.241 e. The van der Waals surface area contributed by atoms with Crippen molar-refractivity contribution in [3.05, 3.63) is 46.7 Å². The van der Waals surface area contributed by atoms with E-state index in [2.05, 4.69) is 5.32 Å². The van der Waals surface area contributed by atoms with E-state index in [1.807, 2.05) is 41.8 Å². The maximum absolute atomic E-state index is 13.0. The molecule has 1 fully saturated rings. The van der Waals surface area contributed by atoms with Crippen molar-refractivity contribution in [3.8, 4) is 5.75 Å². The van der Waals surface area contributed by atoms with E-state index in [1.54, 1.807) is 35.3 Å². The largest absolute Gasteiger partial charge is 0.497 e. The molecule has 0 aliphatic heterocycles. The van der Waals surface area contributed by atoms with Gasteiger partial charge in [0.2, 0.25) is 11.8 Å². The molecule has 3 rings (SSSR count). The minimum absolute atomic E-state index is 0.0259. The van der Waals surface area contributed by atoms with Crippen LogP contribution in [0.2, 0.25) is 0 Å². The van der Waals surface area contributed by atoms with Gasteiger partial charge in [0.15, 0.2) is 0 Å². The summed E-state index contributed by atoms with van der Waals surface area (Å²) in [6.45, 7) is 0.901. The molecule has 0 unspecified atom stereocenters. The number of nitrogens with zero attached hydrogens (tertiary/aromatic N) is 2. The first-order valence-corrected chi connectivity index (χ1v) is 9.88. The van der Waals surface area contributed by atoms with Gasteiger partial charge in [-0.1, -0.05) is 6.07 Å². The summed E-state index contributed by atoms with van der Waals surface area (Å²) < 4.78 is 5.21. The van der Waals surface area contributed by atoms with Crippen LogP contribution in [0.3, 0.4) is 0 Å². The Morgan fingerprint density at radius 2 is 1.93 bits per heavy atom. The molecular formula is C20H25N3O3S. The third-order valence-electron chi connectivity index (χ3n) is 4.34. The first-order valence-electron chi connectivity index (χ1n) is 9.00. The lowest BCUT2D eigenvalue weighted by atomic mass is 10.2. The van der Waals surface area contributed by atoms with Crippen LogP contribution in [0.5, 0.6) is 5.75 Å². The fourth-order valence-corrected chi connectivity index (χ4v) is 3.45. The van der Waals surface area contributed by atoms with Gasteiger partial charge in [-0.15, -0.1) is 11.3 Å². The summed E-state index contributed by atoms with van der Waals surface area (Å²) in [5.41, 5.74) is 0.810. The molecular weight excluding hydrogens is 362 g/mol. The first-order chi connectivity index (χ1) is 13.0. The summed E-state index contributed by atoms with van der Waals surface area (Å²) in [7, 11) is 3.41. The molecule has 1 aliphatic rings. The molecule has 1 saturated carbocycles. The highest BCUT2D eigenvalue weighted by atomic mass is 32.1. The Bertz CT molecular complexity index is 757. The van der Waals surface area contributed by atoms with E-state index < -0.39 is 0 Å². The molecule has 2 aromatic rings. The van der Waals surface area contributed by atoms with Gasteiger partial charge in [-0.05, 0) is 55.6 Å². The predicted molar refractivity (Wildman–Crippen MR) is 107 cm³/mol. The molecule has 144 valence electrons. The molecule has 0 saturated heterocycles. The average molecular weight is 388 g/mol. The highest BCUT2D eigenvalue weighted by Crippen LogP contribution is 2.23. The SMILES string of the molecule is COc1ccc(N(Cc2cccs2)C(=O)CN(C)CC(=O)NC2CC2)cc1. The molecule has 1 aromatic heterocycles. The van der Waals surface area contributed by atoms with Crippen molar-refractivity contribution in [1.29, 1.82) is 0 Å². The zero-order valence-corrected chi connectivity index (χ0v) is 16.5. The maximum atomic E-state index is 13.0. The molecule has 1 heterocycles. The second-order valence-corrected chi connectivity index (χ2v) is 7.80. The molecule has 2 amide bonds. The van der Waals surface area contributed by atoms with Crippen LogP contribution in [0.25, 0.3) is 0 Å². The van der Waals surface area contributed by atoms with Crippen LogP contribution in [0.4, 0.5) is 5.69 Å². The number of amides is 2. The van der Waals surface area contributed by atoms with Gasteiger partial charge < -0.3 is 15.0 Å². The molecule has 0 atom stereocenters. The number of thiophene rings is 1. The van der Waals surface area contributed by atoms with Gasteiger partial charge in [0, 0.05) is 16.6 Å². The van der Waals surface area contributed by atoms with Crippen LogP contribution in [0.15, 0.2) is 41.8 Å². The Hall–Kier alpha value is -2.38. The van der Waals surface area contributed by atoms with E-state index >= 15 is 0 Å². The number of carbonyl (C=O) groups excluding carboxylic acids is 2. The number of methoxy groups -OCH3 is 1. The van der Waals surface area contributed by atoms with E-state index in [1.165, 1.54) is 0 Å². The highest BCUT2D eigenvalue weighted by Gasteiger charge is 2.24. The molecule has 1 aromatic carbocycles. The number of anilines is 1. The minimum atomic E-state index is -0.0460. The standard InChI is InChI=1S/C20H25N3O3S/c1-22(13-19(24)21-15-5-6-15)14-20(25)23(12-18-4-3-11-27-18)16-7-9-17(26-2)10-8-16/h3-4,7-11,15H,5-6,12-14H2,1-2H3,(H,21,24). The molecule has 0 spiro atoms. The fourth-order valence-electron chi connectivity index (χ4n) is 2.76. The van der Waals surface area contributed by atoms with Crippen LogP contribution >= 0.6 is 11.3 Å². The van der Waals surface area contributed by atoms with Gasteiger partial charge in [0.1, 0.15) is 5.75 Å². The molecule has 0 radical (unpaired) electrons. The summed E-state index contributed by atoms with van der Waals surface area (Å²) in [4.78, 5) is 29.5. The Kier molecular flexibility index (Phi) is 6.47. The van der Waals surface area contributed by atoms with Crippen molar-refractivity contribution in [1.82, 2.24) is 10.2 Å². The number of benzene rings is 1. The predicted octanol–water partition coefficient (Wildman–Crippen LogP) is 2.50. The quantitative estimate of drug-likeness (QED) is 0.718. The minimum Gasteiger partial charge on any atom is -0.497 e. The van der Waals surface area contributed by atoms with Crippen LogP contribution in [0, 0.1) is 0 Å². The molecule has 0 bridgehead atoms. The third kappa shape index (κ3) is 5.80. The number of carbonyl (C=O) groups is 2. The second-order valence-electron chi connectivity index (χ2n) is 6.77. The third-order valence-corrected chi connectivity index (χ3v) is 5.20. The molecule has 7 heteroatoms. The number of likely N-dealkylation sites (N-methyl/N-ethyl adjacent to an activating group) is 1. The normalized spacial score (nSPS) is 13.4. The van der Waals surface area contributed by atoms with Crippen molar-refractivity contribution in [2.75, 3.05) is 32.1 Å². The zero-order chi connectivity index (χ0) is 19.2. The number of ether oxygens (including phenoxy) is 1. The van der Waals surface area contributed by atoms with Gasteiger partial charge in [-0.25, -0.2) is 0 Å². The van der Waals surface area contributed by atoms with Crippen LogP contribution in [-0.4, -0.2) is 50.0 Å². The first kappa shape index (κ1) is 19.4. The summed E-state index contributed by atoms with van der Waals surface area (Å²) in [5, 5.41) is 4.95. The Morgan fingerprint density at radius 1 is 1.19 bits per heavy atom. The Labute approximate surface area is 163 Å². The van der Waals surface area contributed by atoms with Gasteiger partial charge in [-0.2, -0.15) is 0 Å². The number of rotatable bonds is 9. The Morgan fingerprint density at radius 3 is 2.52 bits per heavy atom. The van der Waals surface area contributed by atoms with Gasteiger partial charge in [0.25, 0.3) is 0 Å². The second kappa shape index (κ2) is 9.01. The fraction of sp³-hybridized carbons (Fsp3) is 0.400. The summed E-state index contributed by atoms with van der Waals surface area (Å²) in [6.07, 6.45) is 2.11. The van der Waals surface area contributed by atoms with E-state index in [0.29, 0.717) is 12.6 Å². The molecule has 27 heavy (non-hydrogen) atoms. The monoisotopic (exact) mass is 387 g/mol. The van der Waals surface area contributed by atoms with Crippen molar-refractivity contribution >= 4 is 28.8 Å². The topological polar surface area (TPSA) is 61.9 Å². The van der Waals surface area contributed by atoms with Gasteiger partial charge in [0.05, 0.1) is 26.7 Å². The smallest absolute Gasteiger partial charge is 0.241 e. The van der Waals surface area contributed by atoms with E-state index in [9.17, 15) is 9.59 Å². The van der Waals surface area contributed by atoms with E-state index in [-0.39, 0.29) is 24.9 Å². The summed E-state index contributed by atoms with van der Waals surface area (Å²) >= 11 is 1.62. The highest BCUT2D eigenvalue weighted by molar-refractivity contribution is 7.09. The lowest BCUT2D eigenvalue weighted by molar-refractivity contribution is -0.123. The molecule has 6 nitrogen and oxygen atoms in total. The van der Waals surface area contributed by atoms with E-state index in [0.717, 1.165) is 29.2 Å². The molecule has 1 N–H and O–H groups in total. The summed E-state index contributed by atoms with van der Waals surface area (Å²) in [6, 6.07) is 11.8. The van der Waals surface area contributed by atoms with Gasteiger partial charge >= 0.3 is 0 Å². The summed E-state index contributed by atoms with van der Waals surface area (Å²) in [5.74, 6) is 0.675. The Balaban J connectivity index is 1.66. The number of nitrogens with one attached hydrogen (secondary N) is 1. The zero-order valence-electron chi connectivity index (χ0n) is 15.7. The van der Waals surface area contributed by atoms with Crippen LogP contribution in [-0.2, 0) is 16.1 Å². The van der Waals surface area contributed by atoms with Crippen molar-refractivity contribution in [3.63, 3.8) is 0 Å². The van der Waals surface area contributed by atoms with Crippen molar-refractivity contribution in [2.24, 2.45) is 0 Å². The van der Waals surface area contributed by atoms with Crippen molar-refractivity contribution < 1.29 is 14.3 Å². The number of hydrogen-bond donors (Lipinski definition) is 1. The van der Waals surface area contributed by atoms with Crippen LogP contribution < -0.4 is 15.0 Å². The van der Waals surface area contributed by atoms with Gasteiger partial charge in [-0.3, -0.25) is 14.5 Å². The van der Waals surface area contributed by atoms with E-state index in [4.69, 9.17) is 4.74 Å². The average Bonchev–Trinajstić information content (AvgIpc) is 3.30. The van der Waals surface area contributed by atoms with Crippen LogP contribution in [0.1, 0.15) is 17.7 Å². The van der Waals surface area contributed by atoms with Crippen molar-refractivity contribution in [2.45, 2.75) is 25.4 Å². The lowest BCUT2D eigenvalue weighted by Crippen LogP contribution is -2.43. The number of hydrogen-bond acceptors (Lipinski definition) is 5.